The highest BCUT2D eigenvalue weighted by molar-refractivity contribution is 5.79. The first-order valence-electron chi connectivity index (χ1n) is 13.9. The summed E-state index contributed by atoms with van der Waals surface area (Å²) in [5.74, 6) is 2.52. The Labute approximate surface area is 238 Å². The molecule has 0 saturated carbocycles. The molecule has 0 radical (unpaired) electrons. The van der Waals surface area contributed by atoms with E-state index in [9.17, 15) is 4.79 Å². The van der Waals surface area contributed by atoms with Crippen LogP contribution in [0, 0.1) is 0 Å². The number of carbonyl (C=O) groups is 1. The van der Waals surface area contributed by atoms with Gasteiger partial charge in [-0.1, -0.05) is 20.8 Å². The predicted octanol–water partition coefficient (Wildman–Crippen LogP) is 3.75. The van der Waals surface area contributed by atoms with Crippen LogP contribution in [0.5, 0.6) is 11.5 Å². The van der Waals surface area contributed by atoms with Gasteiger partial charge in [0.05, 0.1) is 42.6 Å². The van der Waals surface area contributed by atoms with Crippen molar-refractivity contribution in [3.05, 3.63) is 48.0 Å². The predicted molar refractivity (Wildman–Crippen MR) is 153 cm³/mol. The Morgan fingerprint density at radius 2 is 2.00 bits per heavy atom. The Hall–Kier alpha value is -4.03. The number of amides is 1. The second-order valence-electron chi connectivity index (χ2n) is 11.7. The lowest BCUT2D eigenvalue weighted by Gasteiger charge is -2.38. The fourth-order valence-corrected chi connectivity index (χ4v) is 5.15. The molecule has 0 aromatic carbocycles. The number of aryl methyl sites for hydroxylation is 1. The molecule has 0 aliphatic carbocycles. The summed E-state index contributed by atoms with van der Waals surface area (Å²) in [6.07, 6.45) is 4.57. The number of aromatic nitrogens is 6. The molecule has 1 atom stereocenters. The summed E-state index contributed by atoms with van der Waals surface area (Å²) in [7, 11) is 3.59. The Balaban J connectivity index is 1.18. The van der Waals surface area contributed by atoms with Crippen LogP contribution in [0.25, 0.3) is 11.2 Å². The second-order valence-corrected chi connectivity index (χ2v) is 11.7. The lowest BCUT2D eigenvalue weighted by molar-refractivity contribution is -0.142. The minimum atomic E-state index is -0.0717. The molecule has 0 unspecified atom stereocenters. The molecule has 1 amide bonds. The molecule has 0 spiro atoms. The van der Waals surface area contributed by atoms with Gasteiger partial charge < -0.3 is 29.0 Å². The number of nitrogens with zero attached hydrogens (tertiary/aromatic N) is 7. The standard InChI is InChI=1S/C29H36N8O4/c1-29(2,3)24-13-25(34-37(24)19-7-9-40-17-19)32-28-33-27-23(35(28)4)12-21(14-31-27)41-20-6-8-30-18(10-20)11-26(38)36-15-22(16-36)39-5/h6,8,10,12-14,19,22H,7,9,11,15-17H2,1-5H3,(H,31,32,33,34)/t19-/m1/s1. The van der Waals surface area contributed by atoms with Crippen LogP contribution >= 0.6 is 0 Å². The highest BCUT2D eigenvalue weighted by atomic mass is 16.5. The number of likely N-dealkylation sites (tertiary alicyclic amines) is 1. The van der Waals surface area contributed by atoms with Crippen LogP contribution in [0.4, 0.5) is 11.8 Å². The minimum absolute atomic E-state index is 0.0250. The van der Waals surface area contributed by atoms with E-state index in [1.807, 2.05) is 17.7 Å². The van der Waals surface area contributed by atoms with Crippen molar-refractivity contribution in [1.29, 1.82) is 0 Å². The molecule has 41 heavy (non-hydrogen) atoms. The van der Waals surface area contributed by atoms with Gasteiger partial charge in [-0.3, -0.25) is 14.5 Å². The number of nitrogens with one attached hydrogen (secondary N) is 1. The molecule has 4 aromatic rings. The zero-order valence-corrected chi connectivity index (χ0v) is 24.1. The van der Waals surface area contributed by atoms with Crippen LogP contribution < -0.4 is 10.1 Å². The van der Waals surface area contributed by atoms with Crippen LogP contribution in [0.15, 0.2) is 36.7 Å². The van der Waals surface area contributed by atoms with Crippen molar-refractivity contribution in [3.8, 4) is 11.5 Å². The van der Waals surface area contributed by atoms with Gasteiger partial charge in [0.2, 0.25) is 11.9 Å². The molecule has 0 bridgehead atoms. The molecule has 2 fully saturated rings. The molecule has 2 aliphatic rings. The number of hydrogen-bond donors (Lipinski definition) is 1. The van der Waals surface area contributed by atoms with Gasteiger partial charge in [-0.2, -0.15) is 10.1 Å². The summed E-state index contributed by atoms with van der Waals surface area (Å²) in [6.45, 7) is 9.23. The van der Waals surface area contributed by atoms with Crippen molar-refractivity contribution in [2.45, 2.75) is 51.2 Å². The van der Waals surface area contributed by atoms with Crippen LogP contribution in [-0.2, 0) is 33.2 Å². The lowest BCUT2D eigenvalue weighted by Crippen LogP contribution is -2.54. The molecule has 12 heteroatoms. The van der Waals surface area contributed by atoms with E-state index in [2.05, 4.69) is 46.8 Å². The molecule has 6 rings (SSSR count). The average molecular weight is 561 g/mol. The van der Waals surface area contributed by atoms with Gasteiger partial charge in [-0.05, 0) is 12.5 Å². The first-order chi connectivity index (χ1) is 19.7. The molecule has 1 N–H and O–H groups in total. The highest BCUT2D eigenvalue weighted by Crippen LogP contribution is 2.32. The van der Waals surface area contributed by atoms with Gasteiger partial charge in [0.15, 0.2) is 11.5 Å². The van der Waals surface area contributed by atoms with Crippen molar-refractivity contribution < 1.29 is 19.0 Å². The summed E-state index contributed by atoms with van der Waals surface area (Å²) in [4.78, 5) is 27.9. The fraction of sp³-hybridized carbons (Fsp3) is 0.483. The average Bonchev–Trinajstić information content (AvgIpc) is 3.64. The third kappa shape index (κ3) is 5.62. The number of ether oxygens (including phenoxy) is 3. The number of methoxy groups -OCH3 is 1. The third-order valence-electron chi connectivity index (χ3n) is 7.60. The fourth-order valence-electron chi connectivity index (χ4n) is 5.15. The van der Waals surface area contributed by atoms with Crippen LogP contribution in [-0.4, -0.2) is 79.6 Å². The van der Waals surface area contributed by atoms with E-state index >= 15 is 0 Å². The van der Waals surface area contributed by atoms with Gasteiger partial charge in [-0.25, -0.2) is 4.98 Å². The molecule has 216 valence electrons. The van der Waals surface area contributed by atoms with E-state index in [0.29, 0.717) is 48.5 Å². The Kier molecular flexibility index (Phi) is 7.12. The zero-order chi connectivity index (χ0) is 28.7. The molecule has 4 aromatic heterocycles. The normalized spacial score (nSPS) is 17.7. The number of rotatable bonds is 8. The number of imidazole rings is 1. The van der Waals surface area contributed by atoms with E-state index in [1.165, 1.54) is 0 Å². The van der Waals surface area contributed by atoms with Crippen molar-refractivity contribution in [3.63, 3.8) is 0 Å². The van der Waals surface area contributed by atoms with Crippen LogP contribution in [0.2, 0.25) is 0 Å². The van der Waals surface area contributed by atoms with E-state index in [1.54, 1.807) is 36.5 Å². The summed E-state index contributed by atoms with van der Waals surface area (Å²) < 4.78 is 21.0. The summed E-state index contributed by atoms with van der Waals surface area (Å²) in [5, 5.41) is 8.27. The van der Waals surface area contributed by atoms with E-state index in [0.717, 1.165) is 30.1 Å². The molecular formula is C29H36N8O4. The topological polar surface area (TPSA) is 121 Å². The minimum Gasteiger partial charge on any atom is -0.456 e. The van der Waals surface area contributed by atoms with Crippen molar-refractivity contribution in [1.82, 2.24) is 34.2 Å². The molecule has 12 nitrogen and oxygen atoms in total. The van der Waals surface area contributed by atoms with Gasteiger partial charge in [-0.15, -0.1) is 0 Å². The molecular weight excluding hydrogens is 524 g/mol. The molecule has 2 aliphatic heterocycles. The molecule has 2 saturated heterocycles. The second kappa shape index (κ2) is 10.7. The first kappa shape index (κ1) is 27.2. The summed E-state index contributed by atoms with van der Waals surface area (Å²) in [6, 6.07) is 7.75. The highest BCUT2D eigenvalue weighted by Gasteiger charge is 2.31. The number of anilines is 2. The summed E-state index contributed by atoms with van der Waals surface area (Å²) in [5.41, 5.74) is 3.11. The van der Waals surface area contributed by atoms with Gasteiger partial charge in [0, 0.05) is 69.4 Å². The number of carbonyl (C=O) groups excluding carboxylic acids is 1. The third-order valence-corrected chi connectivity index (χ3v) is 7.60. The first-order valence-corrected chi connectivity index (χ1v) is 13.9. The monoisotopic (exact) mass is 560 g/mol. The van der Waals surface area contributed by atoms with Crippen LogP contribution in [0.1, 0.15) is 44.6 Å². The molecule has 6 heterocycles. The lowest BCUT2D eigenvalue weighted by atomic mass is 9.91. The largest absolute Gasteiger partial charge is 0.456 e. The van der Waals surface area contributed by atoms with Crippen molar-refractivity contribution >= 4 is 28.8 Å². The maximum Gasteiger partial charge on any atom is 0.228 e. The van der Waals surface area contributed by atoms with Gasteiger partial charge in [0.25, 0.3) is 0 Å². The smallest absolute Gasteiger partial charge is 0.228 e. The van der Waals surface area contributed by atoms with Crippen molar-refractivity contribution in [2.75, 3.05) is 38.7 Å². The number of fused-ring (bicyclic) bond motifs is 1. The Morgan fingerprint density at radius 3 is 2.73 bits per heavy atom. The van der Waals surface area contributed by atoms with E-state index < -0.39 is 0 Å². The van der Waals surface area contributed by atoms with Crippen LogP contribution in [0.3, 0.4) is 0 Å². The Morgan fingerprint density at radius 1 is 1.17 bits per heavy atom. The SMILES string of the molecule is COC1CN(C(=O)Cc2cc(Oc3cnc4nc(Nc5cc(C(C)(C)C)n([C@@H]6CCOC6)n5)n(C)c4c3)ccn2)C1. The van der Waals surface area contributed by atoms with Gasteiger partial charge in [0.1, 0.15) is 11.5 Å². The maximum atomic E-state index is 12.5. The summed E-state index contributed by atoms with van der Waals surface area (Å²) >= 11 is 0. The van der Waals surface area contributed by atoms with Crippen molar-refractivity contribution in [2.24, 2.45) is 7.05 Å². The van der Waals surface area contributed by atoms with E-state index in [-0.39, 0.29) is 29.9 Å². The van der Waals surface area contributed by atoms with Gasteiger partial charge >= 0.3 is 0 Å². The number of pyridine rings is 2. The zero-order valence-electron chi connectivity index (χ0n) is 24.1. The quantitative estimate of drug-likeness (QED) is 0.343. The Bertz CT molecular complexity index is 1560. The van der Waals surface area contributed by atoms with E-state index in [4.69, 9.17) is 24.3 Å². The maximum absolute atomic E-state index is 12.5. The number of hydrogen-bond acceptors (Lipinski definition) is 9.